The zero-order valence-corrected chi connectivity index (χ0v) is 12.0. The number of carbonyl (C=O) groups is 1. The third-order valence-corrected chi connectivity index (χ3v) is 3.06. The number of hydrogen-bond acceptors (Lipinski definition) is 3. The van der Waals surface area contributed by atoms with E-state index in [2.05, 4.69) is 10.6 Å². The lowest BCUT2D eigenvalue weighted by Gasteiger charge is -2.23. The van der Waals surface area contributed by atoms with Crippen LogP contribution in [-0.2, 0) is 0 Å². The van der Waals surface area contributed by atoms with Crippen molar-refractivity contribution in [3.8, 4) is 5.75 Å². The van der Waals surface area contributed by atoms with Gasteiger partial charge in [0.1, 0.15) is 5.75 Å². The van der Waals surface area contributed by atoms with Crippen LogP contribution in [0.15, 0.2) is 24.3 Å². The zero-order chi connectivity index (χ0) is 12.8. The van der Waals surface area contributed by atoms with Gasteiger partial charge in [-0.1, -0.05) is 0 Å². The molecule has 1 fully saturated rings. The van der Waals surface area contributed by atoms with Crippen molar-refractivity contribution in [2.75, 3.05) is 19.7 Å². The van der Waals surface area contributed by atoms with Crippen LogP contribution in [0.25, 0.3) is 0 Å². The summed E-state index contributed by atoms with van der Waals surface area (Å²) >= 11 is 0. The van der Waals surface area contributed by atoms with Crippen molar-refractivity contribution in [2.45, 2.75) is 25.8 Å². The Hall–Kier alpha value is -1.26. The summed E-state index contributed by atoms with van der Waals surface area (Å²) in [5, 5.41) is 6.33. The molecule has 4 nitrogen and oxygen atoms in total. The van der Waals surface area contributed by atoms with Gasteiger partial charge in [-0.25, -0.2) is 0 Å². The van der Waals surface area contributed by atoms with Crippen molar-refractivity contribution in [1.29, 1.82) is 0 Å². The fourth-order valence-corrected chi connectivity index (χ4v) is 2.11. The largest absolute Gasteiger partial charge is 0.494 e. The van der Waals surface area contributed by atoms with Crippen LogP contribution in [0.1, 0.15) is 30.1 Å². The maximum absolute atomic E-state index is 12.0. The van der Waals surface area contributed by atoms with Gasteiger partial charge in [0.05, 0.1) is 6.61 Å². The van der Waals surface area contributed by atoms with Gasteiger partial charge in [-0.15, -0.1) is 12.4 Å². The van der Waals surface area contributed by atoms with Gasteiger partial charge in [0, 0.05) is 18.2 Å². The van der Waals surface area contributed by atoms with Gasteiger partial charge in [-0.3, -0.25) is 4.79 Å². The Morgan fingerprint density at radius 3 is 2.74 bits per heavy atom. The zero-order valence-electron chi connectivity index (χ0n) is 11.1. The van der Waals surface area contributed by atoms with Crippen LogP contribution >= 0.6 is 12.4 Å². The molecule has 1 aromatic rings. The topological polar surface area (TPSA) is 50.4 Å². The number of nitrogens with one attached hydrogen (secondary N) is 2. The lowest BCUT2D eigenvalue weighted by atomic mass is 10.1. The van der Waals surface area contributed by atoms with E-state index in [1.807, 2.05) is 19.1 Å². The fourth-order valence-electron chi connectivity index (χ4n) is 2.11. The summed E-state index contributed by atoms with van der Waals surface area (Å²) in [7, 11) is 0. The summed E-state index contributed by atoms with van der Waals surface area (Å²) in [6.45, 7) is 4.49. The molecule has 1 heterocycles. The molecule has 2 rings (SSSR count). The van der Waals surface area contributed by atoms with Crippen molar-refractivity contribution in [1.82, 2.24) is 10.6 Å². The van der Waals surface area contributed by atoms with Gasteiger partial charge < -0.3 is 15.4 Å². The lowest BCUT2D eigenvalue weighted by Crippen LogP contribution is -2.45. The molecular weight excluding hydrogens is 264 g/mol. The van der Waals surface area contributed by atoms with E-state index in [9.17, 15) is 4.79 Å². The second-order valence-electron chi connectivity index (χ2n) is 4.47. The molecular formula is C14H21ClN2O2. The fraction of sp³-hybridized carbons (Fsp3) is 0.500. The standard InChI is InChI=1S/C14H20N2O2.ClH/c1-2-18-13-7-5-11(6-8-13)14(17)16-12-4-3-9-15-10-12;/h5-8,12,15H,2-4,9-10H2,1H3,(H,16,17);1H. The summed E-state index contributed by atoms with van der Waals surface area (Å²) in [6, 6.07) is 7.51. The van der Waals surface area contributed by atoms with Crippen molar-refractivity contribution < 1.29 is 9.53 Å². The average Bonchev–Trinajstić information content (AvgIpc) is 2.41. The van der Waals surface area contributed by atoms with E-state index in [1.165, 1.54) is 0 Å². The molecule has 1 aliphatic rings. The molecule has 1 saturated heterocycles. The minimum Gasteiger partial charge on any atom is -0.494 e. The highest BCUT2D eigenvalue weighted by atomic mass is 35.5. The van der Waals surface area contributed by atoms with E-state index in [1.54, 1.807) is 12.1 Å². The predicted molar refractivity (Wildman–Crippen MR) is 78.2 cm³/mol. The Morgan fingerprint density at radius 2 is 2.16 bits per heavy atom. The smallest absolute Gasteiger partial charge is 0.251 e. The summed E-state index contributed by atoms with van der Waals surface area (Å²) in [5.74, 6) is 0.792. The Labute approximate surface area is 120 Å². The first kappa shape index (κ1) is 15.8. The van der Waals surface area contributed by atoms with Gasteiger partial charge in [0.2, 0.25) is 0 Å². The third-order valence-electron chi connectivity index (χ3n) is 3.06. The summed E-state index contributed by atoms with van der Waals surface area (Å²) in [4.78, 5) is 12.0. The number of hydrogen-bond donors (Lipinski definition) is 2. The highest BCUT2D eigenvalue weighted by Crippen LogP contribution is 2.12. The number of benzene rings is 1. The van der Waals surface area contributed by atoms with E-state index >= 15 is 0 Å². The Kier molecular flexibility index (Phi) is 6.67. The van der Waals surface area contributed by atoms with Gasteiger partial charge in [-0.05, 0) is 50.6 Å². The SMILES string of the molecule is CCOc1ccc(C(=O)NC2CCCNC2)cc1.Cl. The van der Waals surface area contributed by atoms with E-state index in [-0.39, 0.29) is 24.4 Å². The minimum atomic E-state index is -0.00764. The molecule has 1 aromatic carbocycles. The normalized spacial score (nSPS) is 18.3. The van der Waals surface area contributed by atoms with Crippen LogP contribution < -0.4 is 15.4 Å². The molecule has 5 heteroatoms. The minimum absolute atomic E-state index is 0. The molecule has 0 saturated carbocycles. The second kappa shape index (κ2) is 8.02. The van der Waals surface area contributed by atoms with Crippen LogP contribution in [0.4, 0.5) is 0 Å². The van der Waals surface area contributed by atoms with Crippen LogP contribution in [0.3, 0.4) is 0 Å². The van der Waals surface area contributed by atoms with E-state index in [0.29, 0.717) is 12.2 Å². The molecule has 2 N–H and O–H groups in total. The molecule has 0 spiro atoms. The quantitative estimate of drug-likeness (QED) is 0.889. The van der Waals surface area contributed by atoms with Crippen molar-refractivity contribution in [2.24, 2.45) is 0 Å². The van der Waals surface area contributed by atoms with E-state index in [4.69, 9.17) is 4.74 Å². The Balaban J connectivity index is 0.00000180. The molecule has 0 aliphatic carbocycles. The molecule has 106 valence electrons. The van der Waals surface area contributed by atoms with Crippen molar-refractivity contribution in [3.63, 3.8) is 0 Å². The van der Waals surface area contributed by atoms with Crippen LogP contribution in [0, 0.1) is 0 Å². The molecule has 0 radical (unpaired) electrons. The maximum atomic E-state index is 12.0. The first-order valence-corrected chi connectivity index (χ1v) is 6.54. The monoisotopic (exact) mass is 284 g/mol. The summed E-state index contributed by atoms with van der Waals surface area (Å²) < 4.78 is 5.35. The van der Waals surface area contributed by atoms with E-state index < -0.39 is 0 Å². The lowest BCUT2D eigenvalue weighted by molar-refractivity contribution is 0.0930. The molecule has 0 aromatic heterocycles. The molecule has 1 atom stereocenters. The molecule has 1 aliphatic heterocycles. The first-order valence-electron chi connectivity index (χ1n) is 6.54. The van der Waals surface area contributed by atoms with Gasteiger partial charge in [-0.2, -0.15) is 0 Å². The molecule has 1 amide bonds. The highest BCUT2D eigenvalue weighted by molar-refractivity contribution is 5.94. The Bertz CT molecular complexity index is 389. The van der Waals surface area contributed by atoms with Gasteiger partial charge >= 0.3 is 0 Å². The van der Waals surface area contributed by atoms with Gasteiger partial charge in [0.25, 0.3) is 5.91 Å². The van der Waals surface area contributed by atoms with E-state index in [0.717, 1.165) is 31.7 Å². The first-order chi connectivity index (χ1) is 8.79. The average molecular weight is 285 g/mol. The molecule has 19 heavy (non-hydrogen) atoms. The number of ether oxygens (including phenoxy) is 1. The summed E-state index contributed by atoms with van der Waals surface area (Å²) in [6.07, 6.45) is 2.17. The van der Waals surface area contributed by atoms with Crippen molar-refractivity contribution in [3.05, 3.63) is 29.8 Å². The number of rotatable bonds is 4. The third kappa shape index (κ3) is 4.73. The number of piperidine rings is 1. The number of carbonyl (C=O) groups excluding carboxylic acids is 1. The number of amides is 1. The highest BCUT2D eigenvalue weighted by Gasteiger charge is 2.16. The maximum Gasteiger partial charge on any atom is 0.251 e. The Morgan fingerprint density at radius 1 is 1.42 bits per heavy atom. The van der Waals surface area contributed by atoms with Crippen LogP contribution in [0.5, 0.6) is 5.75 Å². The van der Waals surface area contributed by atoms with Gasteiger partial charge in [0.15, 0.2) is 0 Å². The van der Waals surface area contributed by atoms with Crippen molar-refractivity contribution >= 4 is 18.3 Å². The number of halogens is 1. The van der Waals surface area contributed by atoms with Crippen LogP contribution in [0.2, 0.25) is 0 Å². The predicted octanol–water partition coefficient (Wildman–Crippen LogP) is 1.99. The second-order valence-corrected chi connectivity index (χ2v) is 4.47. The molecule has 0 bridgehead atoms. The molecule has 1 unspecified atom stereocenters. The summed E-state index contributed by atoms with van der Waals surface area (Å²) in [5.41, 5.74) is 0.684. The van der Waals surface area contributed by atoms with Crippen LogP contribution in [-0.4, -0.2) is 31.6 Å².